The SMILES string of the molecule is C[C@H]1CCC(c2ccc3sc(C4CCN(C)C(C)(C)C4)nc3c2)=NC1. The molecule has 2 aliphatic rings. The molecular weight excluding hydrogens is 326 g/mol. The molecule has 1 aromatic heterocycles. The molecule has 2 aliphatic heterocycles. The van der Waals surface area contributed by atoms with Crippen molar-refractivity contribution >= 4 is 27.3 Å². The summed E-state index contributed by atoms with van der Waals surface area (Å²) in [5, 5.41) is 1.33. The fourth-order valence-electron chi connectivity index (χ4n) is 4.08. The van der Waals surface area contributed by atoms with Crippen LogP contribution in [-0.4, -0.2) is 41.3 Å². The lowest BCUT2D eigenvalue weighted by Crippen LogP contribution is -2.46. The molecule has 1 saturated heterocycles. The van der Waals surface area contributed by atoms with Gasteiger partial charge in [0, 0.05) is 23.7 Å². The molecule has 3 heterocycles. The fourth-order valence-corrected chi connectivity index (χ4v) is 5.16. The van der Waals surface area contributed by atoms with Crippen LogP contribution in [0.5, 0.6) is 0 Å². The smallest absolute Gasteiger partial charge is 0.0970 e. The Balaban J connectivity index is 1.61. The van der Waals surface area contributed by atoms with Crippen molar-refractivity contribution in [3.63, 3.8) is 0 Å². The molecule has 1 fully saturated rings. The van der Waals surface area contributed by atoms with Gasteiger partial charge in [-0.3, -0.25) is 4.99 Å². The molecule has 4 rings (SSSR count). The van der Waals surface area contributed by atoms with Gasteiger partial charge in [-0.05, 0) is 76.7 Å². The molecule has 1 aromatic carbocycles. The summed E-state index contributed by atoms with van der Waals surface area (Å²) >= 11 is 1.89. The monoisotopic (exact) mass is 355 g/mol. The first-order valence-corrected chi connectivity index (χ1v) is 10.4. The lowest BCUT2D eigenvalue weighted by molar-refractivity contribution is 0.0942. The van der Waals surface area contributed by atoms with Gasteiger partial charge in [0.25, 0.3) is 0 Å². The van der Waals surface area contributed by atoms with E-state index in [-0.39, 0.29) is 5.54 Å². The molecule has 25 heavy (non-hydrogen) atoms. The van der Waals surface area contributed by atoms with Crippen molar-refractivity contribution in [2.75, 3.05) is 20.1 Å². The van der Waals surface area contributed by atoms with E-state index in [9.17, 15) is 0 Å². The molecule has 0 N–H and O–H groups in total. The summed E-state index contributed by atoms with van der Waals surface area (Å²) < 4.78 is 1.32. The zero-order chi connectivity index (χ0) is 17.6. The zero-order valence-electron chi connectivity index (χ0n) is 15.9. The lowest BCUT2D eigenvalue weighted by atomic mass is 9.83. The molecule has 0 radical (unpaired) electrons. The van der Waals surface area contributed by atoms with Gasteiger partial charge in [-0.25, -0.2) is 4.98 Å². The molecule has 0 bridgehead atoms. The van der Waals surface area contributed by atoms with Crippen LogP contribution in [0.2, 0.25) is 0 Å². The Morgan fingerprint density at radius 1 is 1.24 bits per heavy atom. The highest BCUT2D eigenvalue weighted by Gasteiger charge is 2.34. The molecule has 134 valence electrons. The highest BCUT2D eigenvalue weighted by molar-refractivity contribution is 7.18. The summed E-state index contributed by atoms with van der Waals surface area (Å²) in [6.45, 7) is 9.13. The van der Waals surface area contributed by atoms with Crippen molar-refractivity contribution in [2.45, 2.75) is 57.9 Å². The van der Waals surface area contributed by atoms with Crippen LogP contribution in [0.1, 0.15) is 62.9 Å². The predicted octanol–water partition coefficient (Wildman–Crippen LogP) is 5.10. The van der Waals surface area contributed by atoms with Gasteiger partial charge in [0.15, 0.2) is 0 Å². The van der Waals surface area contributed by atoms with Crippen LogP contribution in [0.25, 0.3) is 10.2 Å². The summed E-state index contributed by atoms with van der Waals surface area (Å²) in [6, 6.07) is 6.77. The minimum absolute atomic E-state index is 0.263. The Hall–Kier alpha value is -1.26. The fraction of sp³-hybridized carbons (Fsp3) is 0.619. The van der Waals surface area contributed by atoms with E-state index in [0.717, 1.165) is 30.9 Å². The first-order chi connectivity index (χ1) is 11.9. The second-order valence-electron chi connectivity index (χ2n) is 8.59. The Morgan fingerprint density at radius 2 is 2.08 bits per heavy atom. The molecule has 1 unspecified atom stereocenters. The van der Waals surface area contributed by atoms with Crippen molar-refractivity contribution < 1.29 is 0 Å². The number of aliphatic imine (C=N–C) groups is 1. The molecule has 0 spiro atoms. The molecule has 0 amide bonds. The minimum Gasteiger partial charge on any atom is -0.301 e. The van der Waals surface area contributed by atoms with Crippen LogP contribution < -0.4 is 0 Å². The second-order valence-corrected chi connectivity index (χ2v) is 9.65. The highest BCUT2D eigenvalue weighted by atomic mass is 32.1. The van der Waals surface area contributed by atoms with E-state index in [0.29, 0.717) is 5.92 Å². The van der Waals surface area contributed by atoms with E-state index >= 15 is 0 Å². The van der Waals surface area contributed by atoms with Gasteiger partial charge >= 0.3 is 0 Å². The number of hydrogen-bond acceptors (Lipinski definition) is 4. The number of benzene rings is 1. The number of hydrogen-bond donors (Lipinski definition) is 0. The molecule has 0 saturated carbocycles. The van der Waals surface area contributed by atoms with Gasteiger partial charge in [0.1, 0.15) is 0 Å². The lowest BCUT2D eigenvalue weighted by Gasteiger charge is -2.43. The maximum absolute atomic E-state index is 5.04. The Morgan fingerprint density at radius 3 is 2.80 bits per heavy atom. The number of fused-ring (bicyclic) bond motifs is 1. The van der Waals surface area contributed by atoms with Crippen LogP contribution in [-0.2, 0) is 0 Å². The molecular formula is C21H29N3S. The molecule has 2 atom stereocenters. The molecule has 2 aromatic rings. The average molecular weight is 356 g/mol. The van der Waals surface area contributed by atoms with Crippen LogP contribution in [0, 0.1) is 5.92 Å². The van der Waals surface area contributed by atoms with Crippen molar-refractivity contribution in [3.8, 4) is 0 Å². The van der Waals surface area contributed by atoms with Gasteiger partial charge in [-0.1, -0.05) is 13.0 Å². The van der Waals surface area contributed by atoms with Crippen molar-refractivity contribution in [3.05, 3.63) is 28.8 Å². The van der Waals surface area contributed by atoms with Crippen LogP contribution >= 0.6 is 11.3 Å². The van der Waals surface area contributed by atoms with Crippen molar-refractivity contribution in [2.24, 2.45) is 10.9 Å². The van der Waals surface area contributed by atoms with Crippen LogP contribution in [0.15, 0.2) is 23.2 Å². The minimum atomic E-state index is 0.263. The topological polar surface area (TPSA) is 28.5 Å². The Labute approximate surface area is 155 Å². The summed E-state index contributed by atoms with van der Waals surface area (Å²) in [5.74, 6) is 1.33. The van der Waals surface area contributed by atoms with E-state index in [1.54, 1.807) is 0 Å². The van der Waals surface area contributed by atoms with E-state index < -0.39 is 0 Å². The Kier molecular flexibility index (Phi) is 4.45. The predicted molar refractivity (Wildman–Crippen MR) is 108 cm³/mol. The molecule has 3 nitrogen and oxygen atoms in total. The first-order valence-electron chi connectivity index (χ1n) is 9.58. The van der Waals surface area contributed by atoms with Crippen LogP contribution in [0.4, 0.5) is 0 Å². The number of likely N-dealkylation sites (tertiary alicyclic amines) is 1. The third-order valence-corrected chi connectivity index (χ3v) is 7.35. The highest BCUT2D eigenvalue weighted by Crippen LogP contribution is 2.39. The summed E-state index contributed by atoms with van der Waals surface area (Å²) in [6.07, 6.45) is 4.77. The molecule has 4 heteroatoms. The van der Waals surface area contributed by atoms with Crippen LogP contribution in [0.3, 0.4) is 0 Å². The summed E-state index contributed by atoms with van der Waals surface area (Å²) in [7, 11) is 2.24. The maximum Gasteiger partial charge on any atom is 0.0970 e. The van der Waals surface area contributed by atoms with Gasteiger partial charge in [0.2, 0.25) is 0 Å². The third-order valence-electron chi connectivity index (χ3n) is 6.15. The van der Waals surface area contributed by atoms with E-state index in [2.05, 4.69) is 50.9 Å². The average Bonchev–Trinajstić information content (AvgIpc) is 3.01. The Bertz CT molecular complexity index is 805. The summed E-state index contributed by atoms with van der Waals surface area (Å²) in [5.41, 5.74) is 3.98. The van der Waals surface area contributed by atoms with E-state index in [1.165, 1.54) is 40.2 Å². The number of rotatable bonds is 2. The number of aromatic nitrogens is 1. The van der Waals surface area contributed by atoms with Gasteiger partial charge in [0.05, 0.1) is 15.2 Å². The number of piperidine rings is 1. The second kappa shape index (κ2) is 6.48. The van der Waals surface area contributed by atoms with E-state index in [4.69, 9.17) is 9.98 Å². The molecule has 0 aliphatic carbocycles. The van der Waals surface area contributed by atoms with Crippen molar-refractivity contribution in [1.82, 2.24) is 9.88 Å². The van der Waals surface area contributed by atoms with Gasteiger partial charge in [-0.15, -0.1) is 11.3 Å². The maximum atomic E-state index is 5.04. The number of thiazole rings is 1. The third kappa shape index (κ3) is 3.39. The first kappa shape index (κ1) is 17.2. The quantitative estimate of drug-likeness (QED) is 0.749. The van der Waals surface area contributed by atoms with Crippen molar-refractivity contribution in [1.29, 1.82) is 0 Å². The summed E-state index contributed by atoms with van der Waals surface area (Å²) in [4.78, 5) is 12.3. The largest absolute Gasteiger partial charge is 0.301 e. The van der Waals surface area contributed by atoms with Gasteiger partial charge in [-0.2, -0.15) is 0 Å². The standard InChI is InChI=1S/C21H29N3S/c1-14-5-7-17(22-13-14)15-6-8-19-18(11-15)23-20(25-19)16-9-10-24(4)21(2,3)12-16/h6,8,11,14,16H,5,7,9-10,12-13H2,1-4H3/t14-,16?/m0/s1. The number of nitrogens with zero attached hydrogens (tertiary/aromatic N) is 3. The normalized spacial score (nSPS) is 27.4. The van der Waals surface area contributed by atoms with Gasteiger partial charge < -0.3 is 4.90 Å². The van der Waals surface area contributed by atoms with E-state index in [1.807, 2.05) is 11.3 Å². The zero-order valence-corrected chi connectivity index (χ0v) is 16.7.